The average Bonchev–Trinajstić information content (AvgIpc) is 2.40. The van der Waals surface area contributed by atoms with Gasteiger partial charge < -0.3 is 5.73 Å². The van der Waals surface area contributed by atoms with E-state index in [-0.39, 0.29) is 32.4 Å². The largest absolute Gasteiger partial charge is 0.382 e. The van der Waals surface area contributed by atoms with Gasteiger partial charge in [-0.1, -0.05) is 34.8 Å². The van der Waals surface area contributed by atoms with Gasteiger partial charge in [0.2, 0.25) is 0 Å². The van der Waals surface area contributed by atoms with Crippen LogP contribution in [0.4, 0.5) is 5.82 Å². The lowest BCUT2D eigenvalue weighted by molar-refractivity contribution is 0.112. The zero-order chi connectivity index (χ0) is 15.1. The van der Waals surface area contributed by atoms with Gasteiger partial charge in [-0.25, -0.2) is 19.9 Å². The number of carbonyl (C=O) groups excluding carboxylic acids is 1. The van der Waals surface area contributed by atoms with Gasteiger partial charge in [0, 0.05) is 0 Å². The van der Waals surface area contributed by atoms with E-state index in [0.717, 1.165) is 0 Å². The van der Waals surface area contributed by atoms with E-state index in [0.29, 0.717) is 6.29 Å². The Labute approximate surface area is 128 Å². The van der Waals surface area contributed by atoms with E-state index in [1.54, 1.807) is 6.07 Å². The quantitative estimate of drug-likeness (QED) is 0.628. The zero-order valence-corrected chi connectivity index (χ0v) is 11.9. The highest BCUT2D eigenvalue weighted by atomic mass is 35.5. The molecule has 102 valence electrons. The number of hydrogen-bond acceptors (Lipinski definition) is 7. The normalized spacial score (nSPS) is 9.10. The molecule has 7 nitrogen and oxygen atoms in total. The van der Waals surface area contributed by atoms with E-state index in [2.05, 4.69) is 19.9 Å². The fraction of sp³-hybridized carbons (Fsp3) is 0. The zero-order valence-electron chi connectivity index (χ0n) is 9.59. The topological polar surface area (TPSA) is 118 Å². The number of nitriles is 1. The summed E-state index contributed by atoms with van der Waals surface area (Å²) in [5.41, 5.74) is 5.53. The van der Waals surface area contributed by atoms with Crippen LogP contribution < -0.4 is 5.73 Å². The number of halogens is 3. The highest BCUT2D eigenvalue weighted by Gasteiger charge is 2.05. The number of carbonyl (C=O) groups is 1. The van der Waals surface area contributed by atoms with Crippen molar-refractivity contribution in [3.63, 3.8) is 0 Å². The van der Waals surface area contributed by atoms with Crippen molar-refractivity contribution in [3.8, 4) is 6.07 Å². The highest BCUT2D eigenvalue weighted by molar-refractivity contribution is 6.36. The summed E-state index contributed by atoms with van der Waals surface area (Å²) in [5, 5.41) is 8.65. The Hall–Kier alpha value is -2.01. The summed E-state index contributed by atoms with van der Waals surface area (Å²) in [6, 6.07) is 1.78. The van der Waals surface area contributed by atoms with Crippen LogP contribution in [0.25, 0.3) is 0 Å². The van der Waals surface area contributed by atoms with Gasteiger partial charge in [-0.3, -0.25) is 4.79 Å². The molecule has 0 saturated heterocycles. The van der Waals surface area contributed by atoms with E-state index in [4.69, 9.17) is 45.8 Å². The summed E-state index contributed by atoms with van der Waals surface area (Å²) in [5.74, 6) is 0.113. The third-order valence-electron chi connectivity index (χ3n) is 1.85. The average molecular weight is 332 g/mol. The minimum Gasteiger partial charge on any atom is -0.382 e. The van der Waals surface area contributed by atoms with E-state index < -0.39 is 0 Å². The maximum atomic E-state index is 10.2. The van der Waals surface area contributed by atoms with Crippen LogP contribution in [0.3, 0.4) is 0 Å². The molecule has 2 rings (SSSR count). The molecule has 0 atom stereocenters. The van der Waals surface area contributed by atoms with E-state index in [1.165, 1.54) is 12.7 Å². The molecule has 0 aliphatic carbocycles. The Morgan fingerprint density at radius 2 is 1.55 bits per heavy atom. The van der Waals surface area contributed by atoms with Gasteiger partial charge in [-0.05, 0) is 0 Å². The minimum absolute atomic E-state index is 0.0787. The molecule has 0 bridgehead atoms. The maximum Gasteiger partial charge on any atom is 0.156 e. The van der Waals surface area contributed by atoms with Gasteiger partial charge in [0.15, 0.2) is 11.4 Å². The van der Waals surface area contributed by atoms with Crippen molar-refractivity contribution in [1.82, 2.24) is 19.9 Å². The van der Waals surface area contributed by atoms with Gasteiger partial charge in [0.1, 0.15) is 40.4 Å². The molecule has 20 heavy (non-hydrogen) atoms. The molecular formula is C10H5Cl3N6O. The van der Waals surface area contributed by atoms with Crippen molar-refractivity contribution in [2.75, 3.05) is 5.73 Å². The summed E-state index contributed by atoms with van der Waals surface area (Å²) in [6.07, 6.45) is 2.92. The number of rotatable bonds is 1. The van der Waals surface area contributed by atoms with Crippen LogP contribution in [0.1, 0.15) is 15.9 Å². The van der Waals surface area contributed by atoms with Gasteiger partial charge in [0.05, 0.1) is 5.56 Å². The Kier molecular flexibility index (Phi) is 6.06. The maximum absolute atomic E-state index is 10.2. The third kappa shape index (κ3) is 3.99. The Morgan fingerprint density at radius 3 is 1.90 bits per heavy atom. The van der Waals surface area contributed by atoms with Gasteiger partial charge >= 0.3 is 0 Å². The number of aromatic nitrogens is 4. The smallest absolute Gasteiger partial charge is 0.156 e. The molecule has 0 aromatic carbocycles. The fourth-order valence-electron chi connectivity index (χ4n) is 0.932. The molecule has 2 aromatic heterocycles. The predicted octanol–water partition coefficient (Wildman–Crippen LogP) is 2.18. The lowest BCUT2D eigenvalue weighted by Crippen LogP contribution is -1.96. The van der Waals surface area contributed by atoms with Crippen LogP contribution in [0.5, 0.6) is 0 Å². The first-order chi connectivity index (χ1) is 9.51. The molecule has 2 heterocycles. The molecule has 0 radical (unpaired) electrons. The molecule has 0 aliphatic heterocycles. The van der Waals surface area contributed by atoms with E-state index >= 15 is 0 Å². The van der Waals surface area contributed by atoms with Crippen molar-refractivity contribution in [2.24, 2.45) is 0 Å². The van der Waals surface area contributed by atoms with Gasteiger partial charge in [-0.15, -0.1) is 0 Å². The SMILES string of the molecule is N#Cc1c(N)ncnc1Cl.O=Cc1c(Cl)ncnc1Cl. The van der Waals surface area contributed by atoms with Gasteiger partial charge in [0.25, 0.3) is 0 Å². The van der Waals surface area contributed by atoms with Crippen molar-refractivity contribution < 1.29 is 4.79 Å². The first-order valence-corrected chi connectivity index (χ1v) is 5.91. The molecule has 0 aliphatic rings. The lowest BCUT2D eigenvalue weighted by atomic mass is 10.3. The van der Waals surface area contributed by atoms with Crippen molar-refractivity contribution in [2.45, 2.75) is 0 Å². The van der Waals surface area contributed by atoms with Crippen molar-refractivity contribution in [1.29, 1.82) is 5.26 Å². The molecule has 0 fully saturated rings. The van der Waals surface area contributed by atoms with Crippen LogP contribution in [0, 0.1) is 11.3 Å². The summed E-state index contributed by atoms with van der Waals surface area (Å²) >= 11 is 16.4. The second kappa shape index (κ2) is 7.55. The van der Waals surface area contributed by atoms with Crippen molar-refractivity contribution in [3.05, 3.63) is 39.2 Å². The Balaban J connectivity index is 0.000000200. The monoisotopic (exact) mass is 330 g/mol. The molecular weight excluding hydrogens is 327 g/mol. The number of anilines is 1. The molecule has 0 amide bonds. The third-order valence-corrected chi connectivity index (χ3v) is 2.74. The molecule has 0 spiro atoms. The molecule has 0 unspecified atom stereocenters. The number of hydrogen-bond donors (Lipinski definition) is 1. The van der Waals surface area contributed by atoms with Crippen LogP contribution in [-0.2, 0) is 0 Å². The summed E-state index contributed by atoms with van der Waals surface area (Å²) in [4.78, 5) is 24.4. The van der Waals surface area contributed by atoms with Gasteiger partial charge in [-0.2, -0.15) is 5.26 Å². The lowest BCUT2D eigenvalue weighted by Gasteiger charge is -1.94. The Morgan fingerprint density at radius 1 is 1.05 bits per heavy atom. The fourth-order valence-corrected chi connectivity index (χ4v) is 1.52. The predicted molar refractivity (Wildman–Crippen MR) is 73.6 cm³/mol. The number of nitrogens with two attached hydrogens (primary N) is 1. The molecule has 0 saturated carbocycles. The van der Waals surface area contributed by atoms with Crippen molar-refractivity contribution >= 4 is 46.9 Å². The number of aldehydes is 1. The molecule has 2 aromatic rings. The summed E-state index contributed by atoms with van der Waals surface area (Å²) in [7, 11) is 0. The molecule has 10 heteroatoms. The van der Waals surface area contributed by atoms with Crippen LogP contribution in [0.15, 0.2) is 12.7 Å². The summed E-state index contributed by atoms with van der Waals surface area (Å²) in [6.45, 7) is 0. The van der Waals surface area contributed by atoms with Crippen LogP contribution >= 0.6 is 34.8 Å². The van der Waals surface area contributed by atoms with E-state index in [1.807, 2.05) is 0 Å². The first-order valence-electron chi connectivity index (χ1n) is 4.78. The second-order valence-corrected chi connectivity index (χ2v) is 4.10. The standard InChI is InChI=1S/C5H2Cl2N2O.C5H3ClN4/c6-4-3(1-10)5(7)9-2-8-4;6-4-3(1-7)5(8)10-2-9-4/h1-2H;2H,(H2,8,9,10). The minimum atomic E-state index is 0.0787. The first kappa shape index (κ1) is 16.0. The van der Waals surface area contributed by atoms with Crippen LogP contribution in [-0.4, -0.2) is 26.2 Å². The Bertz CT molecular complexity index is 632. The van der Waals surface area contributed by atoms with Crippen LogP contribution in [0.2, 0.25) is 15.5 Å². The van der Waals surface area contributed by atoms with E-state index in [9.17, 15) is 4.79 Å². The second-order valence-electron chi connectivity index (χ2n) is 3.02. The number of nitrogens with zero attached hydrogens (tertiary/aromatic N) is 5. The summed E-state index contributed by atoms with van der Waals surface area (Å²) < 4.78 is 0. The highest BCUT2D eigenvalue weighted by Crippen LogP contribution is 2.16. The molecule has 2 N–H and O–H groups in total. The number of nitrogen functional groups attached to an aromatic ring is 1.